The first-order chi connectivity index (χ1) is 6.10. The van der Waals surface area contributed by atoms with Gasteiger partial charge >= 0.3 is 0 Å². The first-order valence-electron chi connectivity index (χ1n) is 4.42. The van der Waals surface area contributed by atoms with Crippen molar-refractivity contribution >= 4 is 0 Å². The largest absolute Gasteiger partial charge is 0.299 e. The van der Waals surface area contributed by atoms with Gasteiger partial charge < -0.3 is 0 Å². The molecule has 0 spiro atoms. The van der Waals surface area contributed by atoms with Crippen LogP contribution in [0.25, 0.3) is 0 Å². The zero-order valence-electron chi connectivity index (χ0n) is 7.92. The molecule has 1 saturated heterocycles. The molecule has 0 N–H and O–H groups in total. The second kappa shape index (κ2) is 2.77. The number of pyridine rings is 1. The Morgan fingerprint density at radius 3 is 2.69 bits per heavy atom. The van der Waals surface area contributed by atoms with Crippen LogP contribution in [0.15, 0.2) is 18.2 Å². The quantitative estimate of drug-likeness (QED) is 0.651. The molecule has 1 aliphatic heterocycles. The lowest BCUT2D eigenvalue weighted by atomic mass is 9.92. The van der Waals surface area contributed by atoms with Crippen LogP contribution in [-0.4, -0.2) is 30.0 Å². The third-order valence-electron chi connectivity index (χ3n) is 2.39. The minimum Gasteiger partial charge on any atom is -0.299 e. The summed E-state index contributed by atoms with van der Waals surface area (Å²) in [6.07, 6.45) is 0. The summed E-state index contributed by atoms with van der Waals surface area (Å²) >= 11 is 0. The summed E-state index contributed by atoms with van der Waals surface area (Å²) in [6, 6.07) is 5.51. The third-order valence-corrected chi connectivity index (χ3v) is 2.39. The molecule has 2 rings (SSSR count). The van der Waals surface area contributed by atoms with Crippen LogP contribution in [0.3, 0.4) is 0 Å². The molecule has 1 fully saturated rings. The molecule has 0 saturated carbocycles. The van der Waals surface area contributed by atoms with Crippen LogP contribution < -0.4 is 0 Å². The Bertz CT molecular complexity index is 318. The third kappa shape index (κ3) is 1.44. The lowest BCUT2D eigenvalue weighted by Crippen LogP contribution is -2.54. The zero-order valence-corrected chi connectivity index (χ0v) is 7.92. The number of nitrogens with zero attached hydrogens (tertiary/aromatic N) is 2. The first-order valence-corrected chi connectivity index (χ1v) is 4.42. The van der Waals surface area contributed by atoms with Gasteiger partial charge in [-0.05, 0) is 26.1 Å². The molecule has 3 heteroatoms. The Morgan fingerprint density at radius 1 is 1.46 bits per heavy atom. The van der Waals surface area contributed by atoms with Gasteiger partial charge in [0.25, 0.3) is 0 Å². The van der Waals surface area contributed by atoms with E-state index in [9.17, 15) is 4.39 Å². The monoisotopic (exact) mass is 180 g/mol. The SMILES string of the molecule is Cc1cccc(C2(F)CN(C)C2)n1. The van der Waals surface area contributed by atoms with Crippen LogP contribution in [0.4, 0.5) is 4.39 Å². The van der Waals surface area contributed by atoms with E-state index in [0.29, 0.717) is 18.8 Å². The van der Waals surface area contributed by atoms with Crippen molar-refractivity contribution in [3.8, 4) is 0 Å². The highest BCUT2D eigenvalue weighted by Gasteiger charge is 2.44. The number of likely N-dealkylation sites (N-methyl/N-ethyl adjacent to an activating group) is 1. The summed E-state index contributed by atoms with van der Waals surface area (Å²) in [6.45, 7) is 2.81. The zero-order chi connectivity index (χ0) is 9.47. The number of aryl methyl sites for hydroxylation is 1. The van der Waals surface area contributed by atoms with Crippen LogP contribution in [-0.2, 0) is 5.67 Å². The molecular formula is C10H13FN2. The summed E-state index contributed by atoms with van der Waals surface area (Å²) in [4.78, 5) is 6.15. The summed E-state index contributed by atoms with van der Waals surface area (Å²) < 4.78 is 14.0. The predicted octanol–water partition coefficient (Wildman–Crippen LogP) is 1.50. The molecule has 2 heterocycles. The highest BCUT2D eigenvalue weighted by molar-refractivity contribution is 5.20. The van der Waals surface area contributed by atoms with Gasteiger partial charge in [-0.15, -0.1) is 0 Å². The molecule has 1 aromatic heterocycles. The molecule has 2 nitrogen and oxygen atoms in total. The fourth-order valence-corrected chi connectivity index (χ4v) is 1.76. The van der Waals surface area contributed by atoms with Crippen molar-refractivity contribution in [3.63, 3.8) is 0 Å². The topological polar surface area (TPSA) is 16.1 Å². The maximum Gasteiger partial charge on any atom is 0.177 e. The average Bonchev–Trinajstić information content (AvgIpc) is 2.02. The lowest BCUT2D eigenvalue weighted by molar-refractivity contribution is -0.0229. The Balaban J connectivity index is 2.26. The van der Waals surface area contributed by atoms with Gasteiger partial charge in [0.1, 0.15) is 0 Å². The van der Waals surface area contributed by atoms with Crippen LogP contribution in [0.5, 0.6) is 0 Å². The van der Waals surface area contributed by atoms with Gasteiger partial charge in [0, 0.05) is 18.8 Å². The number of hydrogen-bond donors (Lipinski definition) is 0. The Hall–Kier alpha value is -0.960. The molecule has 70 valence electrons. The van der Waals surface area contributed by atoms with Crippen molar-refractivity contribution < 1.29 is 4.39 Å². The van der Waals surface area contributed by atoms with E-state index in [1.54, 1.807) is 6.07 Å². The minimum atomic E-state index is -1.21. The molecule has 0 amide bonds. The van der Waals surface area contributed by atoms with E-state index in [-0.39, 0.29) is 0 Å². The van der Waals surface area contributed by atoms with E-state index in [1.807, 2.05) is 31.0 Å². The first kappa shape index (κ1) is 8.63. The molecule has 0 atom stereocenters. The van der Waals surface area contributed by atoms with Gasteiger partial charge in [-0.3, -0.25) is 9.88 Å². The second-order valence-corrected chi connectivity index (χ2v) is 3.80. The highest BCUT2D eigenvalue weighted by Crippen LogP contribution is 2.33. The molecule has 0 aromatic carbocycles. The summed E-state index contributed by atoms with van der Waals surface area (Å²) in [7, 11) is 1.91. The van der Waals surface area contributed by atoms with Gasteiger partial charge in [-0.2, -0.15) is 0 Å². The molecule has 13 heavy (non-hydrogen) atoms. The van der Waals surface area contributed by atoms with Crippen molar-refractivity contribution in [2.45, 2.75) is 12.6 Å². The van der Waals surface area contributed by atoms with Crippen molar-refractivity contribution in [3.05, 3.63) is 29.6 Å². The Morgan fingerprint density at radius 2 is 2.15 bits per heavy atom. The van der Waals surface area contributed by atoms with Crippen LogP contribution in [0, 0.1) is 6.92 Å². The average molecular weight is 180 g/mol. The van der Waals surface area contributed by atoms with E-state index < -0.39 is 5.67 Å². The number of hydrogen-bond acceptors (Lipinski definition) is 2. The van der Waals surface area contributed by atoms with E-state index in [1.165, 1.54) is 0 Å². The lowest BCUT2D eigenvalue weighted by Gasteiger charge is -2.41. The Kier molecular flexibility index (Phi) is 1.84. The predicted molar refractivity (Wildman–Crippen MR) is 49.3 cm³/mol. The van der Waals surface area contributed by atoms with Crippen molar-refractivity contribution in [1.29, 1.82) is 0 Å². The van der Waals surface area contributed by atoms with Gasteiger partial charge in [-0.25, -0.2) is 4.39 Å². The fraction of sp³-hybridized carbons (Fsp3) is 0.500. The van der Waals surface area contributed by atoms with Crippen molar-refractivity contribution in [1.82, 2.24) is 9.88 Å². The summed E-state index contributed by atoms with van der Waals surface area (Å²) in [5, 5.41) is 0. The van der Waals surface area contributed by atoms with Crippen LogP contribution >= 0.6 is 0 Å². The molecule has 0 bridgehead atoms. The number of aromatic nitrogens is 1. The smallest absolute Gasteiger partial charge is 0.177 e. The van der Waals surface area contributed by atoms with Crippen LogP contribution in [0.2, 0.25) is 0 Å². The number of halogens is 1. The summed E-state index contributed by atoms with van der Waals surface area (Å²) in [5.74, 6) is 0. The molecule has 0 aliphatic carbocycles. The number of alkyl halides is 1. The van der Waals surface area contributed by atoms with E-state index in [2.05, 4.69) is 4.98 Å². The fourth-order valence-electron chi connectivity index (χ4n) is 1.76. The Labute approximate surface area is 77.4 Å². The minimum absolute atomic E-state index is 0.462. The number of likely N-dealkylation sites (tertiary alicyclic amines) is 1. The molecule has 0 unspecified atom stereocenters. The van der Waals surface area contributed by atoms with E-state index in [0.717, 1.165) is 5.69 Å². The normalized spacial score (nSPS) is 21.2. The van der Waals surface area contributed by atoms with Gasteiger partial charge in [0.2, 0.25) is 0 Å². The molecular weight excluding hydrogens is 167 g/mol. The van der Waals surface area contributed by atoms with Crippen LogP contribution in [0.1, 0.15) is 11.4 Å². The second-order valence-electron chi connectivity index (χ2n) is 3.80. The van der Waals surface area contributed by atoms with E-state index >= 15 is 0 Å². The molecule has 0 radical (unpaired) electrons. The number of rotatable bonds is 1. The standard InChI is InChI=1S/C10H13FN2/c1-8-4-3-5-9(12-8)10(11)6-13(2)7-10/h3-5H,6-7H2,1-2H3. The summed E-state index contributed by atoms with van der Waals surface area (Å²) in [5.41, 5.74) is 0.246. The van der Waals surface area contributed by atoms with Gasteiger partial charge in [0.05, 0.1) is 5.69 Å². The highest BCUT2D eigenvalue weighted by atomic mass is 19.1. The molecule has 1 aliphatic rings. The van der Waals surface area contributed by atoms with Crippen molar-refractivity contribution in [2.75, 3.05) is 20.1 Å². The van der Waals surface area contributed by atoms with Gasteiger partial charge in [-0.1, -0.05) is 6.07 Å². The van der Waals surface area contributed by atoms with Crippen molar-refractivity contribution in [2.24, 2.45) is 0 Å². The maximum absolute atomic E-state index is 14.0. The maximum atomic E-state index is 14.0. The van der Waals surface area contributed by atoms with Gasteiger partial charge in [0.15, 0.2) is 5.67 Å². The van der Waals surface area contributed by atoms with E-state index in [4.69, 9.17) is 0 Å². The molecule has 1 aromatic rings.